The molecule has 0 atom stereocenters. The van der Waals surface area contributed by atoms with E-state index in [1.54, 1.807) is 6.92 Å². The number of amides is 1. The second kappa shape index (κ2) is 7.40. The number of nitrogen functional groups attached to an aromatic ring is 1. The number of hydrazone groups is 1. The fourth-order valence-electron chi connectivity index (χ4n) is 2.49. The van der Waals surface area contributed by atoms with Crippen molar-refractivity contribution in [1.82, 2.24) is 30.7 Å². The molecule has 0 saturated carbocycles. The van der Waals surface area contributed by atoms with Crippen LogP contribution in [0.25, 0.3) is 17.1 Å². The molecular formula is C17H14N8O2S. The zero-order valence-corrected chi connectivity index (χ0v) is 15.4. The first-order valence-electron chi connectivity index (χ1n) is 8.13. The largest absolute Gasteiger partial charge is 0.378 e. The minimum absolute atomic E-state index is 0.0168. The summed E-state index contributed by atoms with van der Waals surface area (Å²) in [6.45, 7) is 1.80. The van der Waals surface area contributed by atoms with Crippen molar-refractivity contribution in [2.45, 2.75) is 6.92 Å². The van der Waals surface area contributed by atoms with Gasteiger partial charge >= 0.3 is 0 Å². The van der Waals surface area contributed by atoms with Crippen LogP contribution in [-0.2, 0) is 0 Å². The molecule has 0 radical (unpaired) electrons. The quantitative estimate of drug-likeness (QED) is 0.390. The van der Waals surface area contributed by atoms with Gasteiger partial charge in [-0.15, -0.1) is 16.4 Å². The standard InChI is InChI=1S/C17H14N8O2S/c1-10(12-8-5-9-28-12)19-21-17(26)14-13(11-6-3-2-4-7-11)20-24-25(14)16-15(18)22-27-23-16/h2-9H,1H3,(H2,18,22)(H,21,26)/b19-10+. The molecule has 0 unspecified atom stereocenters. The zero-order valence-electron chi connectivity index (χ0n) is 14.6. The van der Waals surface area contributed by atoms with Crippen LogP contribution in [0.4, 0.5) is 5.82 Å². The van der Waals surface area contributed by atoms with Crippen LogP contribution in [0.2, 0.25) is 0 Å². The third-order valence-corrected chi connectivity index (χ3v) is 4.81. The Labute approximate surface area is 162 Å². The number of benzene rings is 1. The minimum atomic E-state index is -0.526. The van der Waals surface area contributed by atoms with Gasteiger partial charge in [0.05, 0.1) is 5.71 Å². The normalized spacial score (nSPS) is 11.5. The van der Waals surface area contributed by atoms with Gasteiger partial charge in [-0.25, -0.2) is 10.1 Å². The van der Waals surface area contributed by atoms with Crippen molar-refractivity contribution in [1.29, 1.82) is 0 Å². The minimum Gasteiger partial charge on any atom is -0.378 e. The molecule has 10 nitrogen and oxygen atoms in total. The molecule has 3 N–H and O–H groups in total. The first-order chi connectivity index (χ1) is 13.6. The van der Waals surface area contributed by atoms with Gasteiger partial charge in [0.25, 0.3) is 5.91 Å². The molecule has 4 aromatic rings. The second-order valence-corrected chi connectivity index (χ2v) is 6.60. The Morgan fingerprint density at radius 1 is 1.21 bits per heavy atom. The van der Waals surface area contributed by atoms with Gasteiger partial charge in [0, 0.05) is 10.4 Å². The average Bonchev–Trinajstić information content (AvgIpc) is 3.46. The van der Waals surface area contributed by atoms with E-state index < -0.39 is 5.91 Å². The van der Waals surface area contributed by atoms with E-state index in [9.17, 15) is 4.79 Å². The number of nitrogens with two attached hydrogens (primary N) is 1. The molecular weight excluding hydrogens is 380 g/mol. The predicted octanol–water partition coefficient (Wildman–Crippen LogP) is 2.12. The number of anilines is 1. The molecule has 4 rings (SSSR count). The maximum Gasteiger partial charge on any atom is 0.292 e. The molecule has 0 fully saturated rings. The first kappa shape index (κ1) is 17.5. The van der Waals surface area contributed by atoms with Gasteiger partial charge in [-0.05, 0) is 28.7 Å². The number of aromatic nitrogens is 5. The molecule has 140 valence electrons. The molecule has 0 saturated heterocycles. The van der Waals surface area contributed by atoms with Gasteiger partial charge in [-0.2, -0.15) is 9.78 Å². The highest BCUT2D eigenvalue weighted by atomic mass is 32.1. The summed E-state index contributed by atoms with van der Waals surface area (Å²) in [6.07, 6.45) is 0. The summed E-state index contributed by atoms with van der Waals surface area (Å²) >= 11 is 1.52. The highest BCUT2D eigenvalue weighted by molar-refractivity contribution is 7.12. The Hall–Kier alpha value is -3.86. The van der Waals surface area contributed by atoms with Crippen molar-refractivity contribution in [3.63, 3.8) is 0 Å². The van der Waals surface area contributed by atoms with Crippen molar-refractivity contribution in [3.05, 3.63) is 58.4 Å². The highest BCUT2D eigenvalue weighted by Gasteiger charge is 2.25. The summed E-state index contributed by atoms with van der Waals surface area (Å²) in [6, 6.07) is 13.0. The van der Waals surface area contributed by atoms with Crippen LogP contribution in [0.1, 0.15) is 22.3 Å². The Balaban J connectivity index is 1.75. The lowest BCUT2D eigenvalue weighted by Gasteiger charge is -2.05. The van der Waals surface area contributed by atoms with E-state index in [1.807, 2.05) is 47.8 Å². The van der Waals surface area contributed by atoms with Gasteiger partial charge in [-0.3, -0.25) is 4.79 Å². The molecule has 1 aromatic carbocycles. The van der Waals surface area contributed by atoms with Crippen molar-refractivity contribution in [2.24, 2.45) is 5.10 Å². The SMILES string of the molecule is C/C(=N\NC(=O)c1c(-c2ccccc2)nnn1-c1nonc1N)c1cccs1. The third kappa shape index (κ3) is 3.25. The molecule has 3 aromatic heterocycles. The Bertz CT molecular complexity index is 1130. The van der Waals surface area contributed by atoms with Crippen LogP contribution in [0.15, 0.2) is 57.6 Å². The molecule has 3 heterocycles. The Kier molecular flexibility index (Phi) is 4.64. The van der Waals surface area contributed by atoms with E-state index in [1.165, 1.54) is 16.0 Å². The third-order valence-electron chi connectivity index (χ3n) is 3.83. The fraction of sp³-hybridized carbons (Fsp3) is 0.0588. The molecule has 11 heteroatoms. The molecule has 1 amide bonds. The summed E-state index contributed by atoms with van der Waals surface area (Å²) in [4.78, 5) is 13.9. The number of rotatable bonds is 5. The fourth-order valence-corrected chi connectivity index (χ4v) is 3.17. The number of carbonyl (C=O) groups is 1. The summed E-state index contributed by atoms with van der Waals surface area (Å²) in [5.41, 5.74) is 10.1. The number of thiophene rings is 1. The molecule has 0 aliphatic heterocycles. The number of hydrogen-bond acceptors (Lipinski definition) is 9. The van der Waals surface area contributed by atoms with Crippen LogP contribution in [0.3, 0.4) is 0 Å². The van der Waals surface area contributed by atoms with Crippen LogP contribution >= 0.6 is 11.3 Å². The van der Waals surface area contributed by atoms with Gasteiger partial charge in [-0.1, -0.05) is 41.6 Å². The molecule has 28 heavy (non-hydrogen) atoms. The lowest BCUT2D eigenvalue weighted by Crippen LogP contribution is -2.23. The Morgan fingerprint density at radius 2 is 2.04 bits per heavy atom. The molecule has 0 spiro atoms. The zero-order chi connectivity index (χ0) is 19.5. The van der Waals surface area contributed by atoms with Crippen molar-refractivity contribution in [2.75, 3.05) is 5.73 Å². The maximum absolute atomic E-state index is 13.0. The van der Waals surface area contributed by atoms with Crippen LogP contribution in [0, 0.1) is 0 Å². The topological polar surface area (TPSA) is 137 Å². The second-order valence-electron chi connectivity index (χ2n) is 5.65. The van der Waals surface area contributed by atoms with Gasteiger partial charge in [0.1, 0.15) is 5.69 Å². The summed E-state index contributed by atoms with van der Waals surface area (Å²) < 4.78 is 5.81. The molecule has 0 aliphatic rings. The molecule has 0 bridgehead atoms. The average molecular weight is 394 g/mol. The van der Waals surface area contributed by atoms with Crippen molar-refractivity contribution < 1.29 is 9.42 Å². The maximum atomic E-state index is 13.0. The van der Waals surface area contributed by atoms with Crippen molar-refractivity contribution in [3.8, 4) is 17.1 Å². The van der Waals surface area contributed by atoms with Crippen LogP contribution in [-0.4, -0.2) is 36.9 Å². The van der Waals surface area contributed by atoms with Gasteiger partial charge < -0.3 is 5.73 Å². The lowest BCUT2D eigenvalue weighted by molar-refractivity contribution is 0.0947. The number of carbonyl (C=O) groups excluding carboxylic acids is 1. The predicted molar refractivity (Wildman–Crippen MR) is 103 cm³/mol. The Morgan fingerprint density at radius 3 is 2.71 bits per heavy atom. The number of nitrogens with one attached hydrogen (secondary N) is 1. The molecule has 0 aliphatic carbocycles. The van der Waals surface area contributed by atoms with Crippen LogP contribution < -0.4 is 11.2 Å². The van der Waals surface area contributed by atoms with E-state index in [-0.39, 0.29) is 17.3 Å². The van der Waals surface area contributed by atoms with E-state index in [4.69, 9.17) is 5.73 Å². The van der Waals surface area contributed by atoms with E-state index >= 15 is 0 Å². The van der Waals surface area contributed by atoms with Crippen molar-refractivity contribution >= 4 is 28.8 Å². The van der Waals surface area contributed by atoms with Crippen LogP contribution in [0.5, 0.6) is 0 Å². The van der Waals surface area contributed by atoms with E-state index in [2.05, 4.69) is 35.8 Å². The summed E-state index contributed by atoms with van der Waals surface area (Å²) in [7, 11) is 0. The van der Waals surface area contributed by atoms with Gasteiger partial charge in [0.15, 0.2) is 5.69 Å². The van der Waals surface area contributed by atoms with E-state index in [0.717, 1.165) is 4.88 Å². The summed E-state index contributed by atoms with van der Waals surface area (Å²) in [5.74, 6) is -0.474. The smallest absolute Gasteiger partial charge is 0.292 e. The number of hydrogen-bond donors (Lipinski definition) is 2. The van der Waals surface area contributed by atoms with E-state index in [0.29, 0.717) is 17.0 Å². The number of nitrogens with zero attached hydrogens (tertiary/aromatic N) is 6. The monoisotopic (exact) mass is 394 g/mol. The summed E-state index contributed by atoms with van der Waals surface area (Å²) in [5, 5.41) is 21.5. The lowest BCUT2D eigenvalue weighted by atomic mass is 10.1. The highest BCUT2D eigenvalue weighted by Crippen LogP contribution is 2.24. The first-order valence-corrected chi connectivity index (χ1v) is 9.01. The van der Waals surface area contributed by atoms with Gasteiger partial charge in [0.2, 0.25) is 11.6 Å².